The van der Waals surface area contributed by atoms with E-state index in [4.69, 9.17) is 14.2 Å². The van der Waals surface area contributed by atoms with Gasteiger partial charge in [-0.25, -0.2) is 0 Å². The molecular weight excluding hydrogens is 328 g/mol. The molecule has 3 rings (SSSR count). The van der Waals surface area contributed by atoms with Crippen LogP contribution in [-0.4, -0.2) is 33.9 Å². The van der Waals surface area contributed by atoms with E-state index in [9.17, 15) is 0 Å². The van der Waals surface area contributed by atoms with Crippen molar-refractivity contribution < 1.29 is 24.8 Å². The molecular formula is C21H30N2O3+2. The van der Waals surface area contributed by atoms with Gasteiger partial charge in [-0.15, -0.1) is 0 Å². The summed E-state index contributed by atoms with van der Waals surface area (Å²) in [5.74, 6) is 2.49. The first-order chi connectivity index (χ1) is 12.6. The summed E-state index contributed by atoms with van der Waals surface area (Å²) >= 11 is 0. The zero-order valence-electron chi connectivity index (χ0n) is 16.2. The van der Waals surface area contributed by atoms with Crippen LogP contribution in [0, 0.1) is 0 Å². The zero-order valence-corrected chi connectivity index (χ0v) is 16.2. The molecule has 1 unspecified atom stereocenters. The van der Waals surface area contributed by atoms with E-state index in [1.54, 1.807) is 21.3 Å². The van der Waals surface area contributed by atoms with Gasteiger partial charge in [-0.1, -0.05) is 0 Å². The number of rotatable bonds is 6. The summed E-state index contributed by atoms with van der Waals surface area (Å²) in [6.45, 7) is 4.26. The Kier molecular flexibility index (Phi) is 5.69. The summed E-state index contributed by atoms with van der Waals surface area (Å²) in [5, 5.41) is 0. The third kappa shape index (κ3) is 3.64. The van der Waals surface area contributed by atoms with E-state index < -0.39 is 0 Å². The van der Waals surface area contributed by atoms with Crippen molar-refractivity contribution >= 4 is 0 Å². The molecule has 5 nitrogen and oxygen atoms in total. The highest BCUT2D eigenvalue weighted by Crippen LogP contribution is 2.34. The van der Waals surface area contributed by atoms with Gasteiger partial charge in [-0.3, -0.25) is 0 Å². The summed E-state index contributed by atoms with van der Waals surface area (Å²) in [6.07, 6.45) is 1.03. The molecule has 0 aliphatic carbocycles. The van der Waals surface area contributed by atoms with E-state index in [0.717, 1.165) is 36.8 Å². The lowest BCUT2D eigenvalue weighted by Crippen LogP contribution is -3.14. The number of hydrogen-bond acceptors (Lipinski definition) is 3. The highest BCUT2D eigenvalue weighted by molar-refractivity contribution is 5.49. The Bertz CT molecular complexity index is 744. The second kappa shape index (κ2) is 7.98. The van der Waals surface area contributed by atoms with Crippen molar-refractivity contribution in [3.63, 3.8) is 0 Å². The second-order valence-corrected chi connectivity index (χ2v) is 7.04. The van der Waals surface area contributed by atoms with Crippen LogP contribution in [0.5, 0.6) is 17.2 Å². The van der Waals surface area contributed by atoms with Gasteiger partial charge in [0.05, 0.1) is 27.9 Å². The van der Waals surface area contributed by atoms with Gasteiger partial charge < -0.3 is 24.8 Å². The average molecular weight is 358 g/mol. The number of nitrogens with one attached hydrogen (secondary N) is 1. The molecule has 1 aliphatic heterocycles. The summed E-state index contributed by atoms with van der Waals surface area (Å²) in [6, 6.07) is 13.3. The quantitative estimate of drug-likeness (QED) is 0.811. The van der Waals surface area contributed by atoms with Crippen LogP contribution in [-0.2, 0) is 13.0 Å². The van der Waals surface area contributed by atoms with E-state index in [1.165, 1.54) is 21.6 Å². The maximum Gasteiger partial charge on any atom is 0.166 e. The van der Waals surface area contributed by atoms with Crippen LogP contribution in [0.15, 0.2) is 36.4 Å². The molecule has 0 saturated carbocycles. The first kappa shape index (κ1) is 18.5. The molecule has 0 saturated heterocycles. The van der Waals surface area contributed by atoms with Gasteiger partial charge in [0.15, 0.2) is 17.5 Å². The van der Waals surface area contributed by atoms with Crippen LogP contribution in [0.1, 0.15) is 29.7 Å². The Labute approximate surface area is 155 Å². The molecule has 5 heteroatoms. The van der Waals surface area contributed by atoms with Gasteiger partial charge in [0, 0.05) is 17.5 Å². The number of fused-ring (bicyclic) bond motifs is 1. The van der Waals surface area contributed by atoms with E-state index in [0.29, 0.717) is 12.1 Å². The van der Waals surface area contributed by atoms with Crippen molar-refractivity contribution in [3.05, 3.63) is 53.1 Å². The van der Waals surface area contributed by atoms with Crippen molar-refractivity contribution in [1.82, 2.24) is 0 Å². The molecule has 2 aromatic carbocycles. The van der Waals surface area contributed by atoms with E-state index >= 15 is 0 Å². The maximum atomic E-state index is 5.54. The van der Waals surface area contributed by atoms with Crippen LogP contribution in [0.4, 0.5) is 0 Å². The fourth-order valence-electron chi connectivity index (χ4n) is 4.03. The SMILES string of the molecule is COc1ccc(C[NH+]2CCc3cc(OC)c(OC)cc3[C@@H]2[C@@H](C)[NH3+])cc1. The van der Waals surface area contributed by atoms with Crippen LogP contribution in [0.25, 0.3) is 0 Å². The van der Waals surface area contributed by atoms with Gasteiger partial charge in [-0.05, 0) is 48.9 Å². The van der Waals surface area contributed by atoms with E-state index in [2.05, 4.69) is 36.9 Å². The summed E-state index contributed by atoms with van der Waals surface area (Å²) in [7, 11) is 5.08. The van der Waals surface area contributed by atoms with Crippen molar-refractivity contribution in [1.29, 1.82) is 0 Å². The third-order valence-corrected chi connectivity index (χ3v) is 5.30. The molecule has 4 N–H and O–H groups in total. The molecule has 0 radical (unpaired) electrons. The Balaban J connectivity index is 1.91. The van der Waals surface area contributed by atoms with Gasteiger partial charge in [0.1, 0.15) is 18.3 Å². The normalized spacial score (nSPS) is 20.2. The molecule has 2 aromatic rings. The monoisotopic (exact) mass is 358 g/mol. The largest absolute Gasteiger partial charge is 0.497 e. The Morgan fingerprint density at radius 3 is 2.27 bits per heavy atom. The first-order valence-corrected chi connectivity index (χ1v) is 9.12. The number of quaternary nitrogens is 2. The van der Waals surface area contributed by atoms with Gasteiger partial charge in [0.25, 0.3) is 0 Å². The van der Waals surface area contributed by atoms with Crippen molar-refractivity contribution in [2.45, 2.75) is 32.0 Å². The van der Waals surface area contributed by atoms with Crippen molar-refractivity contribution in [2.75, 3.05) is 27.9 Å². The van der Waals surface area contributed by atoms with E-state index in [1.807, 2.05) is 12.1 Å². The molecule has 1 aliphatic rings. The number of hydrogen-bond donors (Lipinski definition) is 2. The highest BCUT2D eigenvalue weighted by Gasteiger charge is 2.36. The van der Waals surface area contributed by atoms with Crippen LogP contribution >= 0.6 is 0 Å². The topological polar surface area (TPSA) is 59.8 Å². The standard InChI is InChI=1S/C21H28N2O3/c1-14(22)21-18-12-20(26-4)19(25-3)11-16(18)9-10-23(21)13-15-5-7-17(24-2)8-6-15/h5-8,11-12,14,21H,9-10,13,22H2,1-4H3/p+2/t14-,21+/m1/s1. The molecule has 0 spiro atoms. The summed E-state index contributed by atoms with van der Waals surface area (Å²) < 4.78 is 16.3. The Morgan fingerprint density at radius 2 is 1.69 bits per heavy atom. The zero-order chi connectivity index (χ0) is 18.7. The number of benzene rings is 2. The predicted molar refractivity (Wildman–Crippen MR) is 101 cm³/mol. The average Bonchev–Trinajstić information content (AvgIpc) is 2.66. The van der Waals surface area contributed by atoms with Gasteiger partial charge in [-0.2, -0.15) is 0 Å². The molecule has 3 atom stereocenters. The molecule has 1 heterocycles. The van der Waals surface area contributed by atoms with Gasteiger partial charge in [0.2, 0.25) is 0 Å². The van der Waals surface area contributed by atoms with Gasteiger partial charge >= 0.3 is 0 Å². The van der Waals surface area contributed by atoms with Crippen LogP contribution < -0.4 is 24.8 Å². The molecule has 26 heavy (non-hydrogen) atoms. The smallest absolute Gasteiger partial charge is 0.166 e. The Hall–Kier alpha value is -2.24. The summed E-state index contributed by atoms with van der Waals surface area (Å²) in [5.41, 5.74) is 8.36. The maximum absolute atomic E-state index is 5.54. The minimum absolute atomic E-state index is 0.292. The molecule has 0 bridgehead atoms. The lowest BCUT2D eigenvalue weighted by Gasteiger charge is -2.35. The molecule has 140 valence electrons. The fraction of sp³-hybridized carbons (Fsp3) is 0.429. The fourth-order valence-corrected chi connectivity index (χ4v) is 4.03. The van der Waals surface area contributed by atoms with Crippen molar-refractivity contribution in [2.24, 2.45) is 0 Å². The minimum atomic E-state index is 0.292. The first-order valence-electron chi connectivity index (χ1n) is 9.12. The van der Waals surface area contributed by atoms with Crippen LogP contribution in [0.3, 0.4) is 0 Å². The Morgan fingerprint density at radius 1 is 1.04 bits per heavy atom. The molecule has 0 fully saturated rings. The minimum Gasteiger partial charge on any atom is -0.497 e. The van der Waals surface area contributed by atoms with Crippen LogP contribution in [0.2, 0.25) is 0 Å². The highest BCUT2D eigenvalue weighted by atomic mass is 16.5. The predicted octanol–water partition coefficient (Wildman–Crippen LogP) is 1.03. The van der Waals surface area contributed by atoms with Crippen molar-refractivity contribution in [3.8, 4) is 17.2 Å². The molecule has 0 amide bonds. The third-order valence-electron chi connectivity index (χ3n) is 5.30. The lowest BCUT2D eigenvalue weighted by atomic mass is 9.88. The molecule has 0 aromatic heterocycles. The number of ether oxygens (including phenoxy) is 3. The number of methoxy groups -OCH3 is 3. The second-order valence-electron chi connectivity index (χ2n) is 7.04. The lowest BCUT2D eigenvalue weighted by molar-refractivity contribution is -0.957. The van der Waals surface area contributed by atoms with E-state index in [-0.39, 0.29) is 0 Å². The summed E-state index contributed by atoms with van der Waals surface area (Å²) in [4.78, 5) is 1.54.